The normalized spacial score (nSPS) is 14.4. The van der Waals surface area contributed by atoms with Gasteiger partial charge in [-0.2, -0.15) is 0 Å². The van der Waals surface area contributed by atoms with E-state index in [0.717, 1.165) is 47.4 Å². The molecule has 3 nitrogen and oxygen atoms in total. The largest absolute Gasteiger partial charge is 0.349 e. The van der Waals surface area contributed by atoms with Crippen LogP contribution < -0.4 is 0 Å². The fourth-order valence-electron chi connectivity index (χ4n) is 3.30. The van der Waals surface area contributed by atoms with Gasteiger partial charge in [0.15, 0.2) is 0 Å². The van der Waals surface area contributed by atoms with E-state index in [0.29, 0.717) is 11.3 Å². The number of hydrogen-bond donors (Lipinski definition) is 1. The second kappa shape index (κ2) is 6.92. The number of H-pyrrole nitrogens is 1. The molecule has 128 valence electrons. The number of para-hydroxylation sites is 1. The number of benzene rings is 2. The van der Waals surface area contributed by atoms with Crippen molar-refractivity contribution < 1.29 is 9.18 Å². The lowest BCUT2D eigenvalue weighted by Crippen LogP contribution is -2.29. The van der Waals surface area contributed by atoms with E-state index in [9.17, 15) is 9.18 Å². The number of fused-ring (bicyclic) bond motifs is 1. The van der Waals surface area contributed by atoms with Crippen molar-refractivity contribution in [3.05, 3.63) is 59.9 Å². The number of amides is 1. The van der Waals surface area contributed by atoms with Crippen LogP contribution in [0, 0.1) is 5.82 Å². The third-order valence-corrected chi connectivity index (χ3v) is 5.71. The van der Waals surface area contributed by atoms with E-state index >= 15 is 0 Å². The first-order valence-electron chi connectivity index (χ1n) is 8.52. The van der Waals surface area contributed by atoms with Crippen LogP contribution >= 0.6 is 11.8 Å². The molecule has 4 rings (SSSR count). The molecule has 1 aliphatic heterocycles. The molecule has 0 atom stereocenters. The summed E-state index contributed by atoms with van der Waals surface area (Å²) >= 11 is 1.35. The van der Waals surface area contributed by atoms with Gasteiger partial charge in [0, 0.05) is 34.5 Å². The highest BCUT2D eigenvalue weighted by atomic mass is 32.2. The van der Waals surface area contributed by atoms with Crippen molar-refractivity contribution >= 4 is 28.6 Å². The average Bonchev–Trinajstić information content (AvgIpc) is 3.26. The summed E-state index contributed by atoms with van der Waals surface area (Å²) in [4.78, 5) is 18.5. The van der Waals surface area contributed by atoms with Crippen molar-refractivity contribution in [3.8, 4) is 0 Å². The summed E-state index contributed by atoms with van der Waals surface area (Å²) in [5.41, 5.74) is 1.94. The van der Waals surface area contributed by atoms with Crippen LogP contribution in [0.2, 0.25) is 0 Å². The Morgan fingerprint density at radius 1 is 1.08 bits per heavy atom. The van der Waals surface area contributed by atoms with Gasteiger partial charge in [0.25, 0.3) is 0 Å². The van der Waals surface area contributed by atoms with Crippen LogP contribution in [0.25, 0.3) is 10.9 Å². The zero-order valence-electron chi connectivity index (χ0n) is 13.8. The minimum absolute atomic E-state index is 0.151. The number of hydrogen-bond acceptors (Lipinski definition) is 2. The summed E-state index contributed by atoms with van der Waals surface area (Å²) in [7, 11) is 0. The van der Waals surface area contributed by atoms with Crippen molar-refractivity contribution in [1.82, 2.24) is 9.88 Å². The summed E-state index contributed by atoms with van der Waals surface area (Å²) in [5, 5.41) is 1.88. The maximum Gasteiger partial charge on any atom is 0.227 e. The molecule has 1 fully saturated rings. The van der Waals surface area contributed by atoms with Crippen molar-refractivity contribution in [3.63, 3.8) is 0 Å². The summed E-state index contributed by atoms with van der Waals surface area (Å²) in [6.45, 7) is 1.69. The zero-order chi connectivity index (χ0) is 17.2. The molecule has 0 unspecified atom stereocenters. The zero-order valence-corrected chi connectivity index (χ0v) is 14.6. The second-order valence-electron chi connectivity index (χ2n) is 6.28. The van der Waals surface area contributed by atoms with Gasteiger partial charge in [-0.1, -0.05) is 42.1 Å². The molecule has 1 N–H and O–H groups in total. The number of carbonyl (C=O) groups is 1. The number of aromatic amines is 1. The van der Waals surface area contributed by atoms with Gasteiger partial charge in [0.05, 0.1) is 11.4 Å². The van der Waals surface area contributed by atoms with Crippen LogP contribution in [0.15, 0.2) is 58.5 Å². The summed E-state index contributed by atoms with van der Waals surface area (Å²) in [6, 6.07) is 14.7. The summed E-state index contributed by atoms with van der Waals surface area (Å²) < 4.78 is 14.1. The molecule has 0 radical (unpaired) electrons. The van der Waals surface area contributed by atoms with Gasteiger partial charge in [-0.3, -0.25) is 4.79 Å². The third-order valence-electron chi connectivity index (χ3n) is 4.61. The van der Waals surface area contributed by atoms with Gasteiger partial charge in [-0.05, 0) is 31.0 Å². The Kier molecular flexibility index (Phi) is 4.49. The molecule has 5 heteroatoms. The smallest absolute Gasteiger partial charge is 0.227 e. The maximum atomic E-state index is 14.1. The molecule has 0 aliphatic carbocycles. The number of nitrogens with zero attached hydrogens (tertiary/aromatic N) is 1. The third kappa shape index (κ3) is 3.29. The lowest BCUT2D eigenvalue weighted by atomic mass is 10.1. The van der Waals surface area contributed by atoms with Crippen molar-refractivity contribution in [2.24, 2.45) is 0 Å². The molecular formula is C20H19FN2OS. The predicted molar refractivity (Wildman–Crippen MR) is 98.3 cm³/mol. The highest BCUT2D eigenvalue weighted by molar-refractivity contribution is 7.99. The number of nitrogens with one attached hydrogen (secondary N) is 1. The summed E-state index contributed by atoms with van der Waals surface area (Å²) in [6.07, 6.45) is 2.51. The molecule has 1 aliphatic rings. The molecule has 0 saturated carbocycles. The monoisotopic (exact) mass is 354 g/mol. The Bertz CT molecular complexity index is 915. The van der Waals surface area contributed by atoms with Gasteiger partial charge in [-0.25, -0.2) is 4.39 Å². The lowest BCUT2D eigenvalue weighted by molar-refractivity contribution is -0.129. The maximum absolute atomic E-state index is 14.1. The Morgan fingerprint density at radius 2 is 1.80 bits per heavy atom. The van der Waals surface area contributed by atoms with Crippen LogP contribution in [0.3, 0.4) is 0 Å². The predicted octanol–water partition coefficient (Wildman–Crippen LogP) is 4.62. The van der Waals surface area contributed by atoms with Gasteiger partial charge < -0.3 is 9.88 Å². The van der Waals surface area contributed by atoms with Gasteiger partial charge >= 0.3 is 0 Å². The Balaban J connectivity index is 1.70. The number of carbonyl (C=O) groups excluding carboxylic acids is 1. The first kappa shape index (κ1) is 16.2. The molecule has 2 heterocycles. The van der Waals surface area contributed by atoms with Gasteiger partial charge in [-0.15, -0.1) is 0 Å². The number of likely N-dealkylation sites (tertiary alicyclic amines) is 1. The van der Waals surface area contributed by atoms with E-state index in [1.807, 2.05) is 35.2 Å². The van der Waals surface area contributed by atoms with Crippen LogP contribution in [-0.4, -0.2) is 28.9 Å². The van der Waals surface area contributed by atoms with Crippen LogP contribution in [0.5, 0.6) is 0 Å². The molecular weight excluding hydrogens is 335 g/mol. The van der Waals surface area contributed by atoms with E-state index in [1.54, 1.807) is 12.1 Å². The Hall–Kier alpha value is -2.27. The quantitative estimate of drug-likeness (QED) is 0.742. The van der Waals surface area contributed by atoms with E-state index in [2.05, 4.69) is 4.98 Å². The van der Waals surface area contributed by atoms with E-state index in [1.165, 1.54) is 17.8 Å². The molecule has 3 aromatic rings. The average molecular weight is 354 g/mol. The fourth-order valence-corrected chi connectivity index (χ4v) is 4.30. The minimum Gasteiger partial charge on any atom is -0.349 e. The lowest BCUT2D eigenvalue weighted by Gasteiger charge is -2.15. The highest BCUT2D eigenvalue weighted by Crippen LogP contribution is 2.36. The number of halogens is 1. The molecule has 25 heavy (non-hydrogen) atoms. The van der Waals surface area contributed by atoms with E-state index < -0.39 is 0 Å². The van der Waals surface area contributed by atoms with E-state index in [-0.39, 0.29) is 11.7 Å². The molecule has 0 spiro atoms. The Labute approximate surface area is 150 Å². The molecule has 1 amide bonds. The van der Waals surface area contributed by atoms with Crippen LogP contribution in [-0.2, 0) is 11.2 Å². The Morgan fingerprint density at radius 3 is 2.60 bits per heavy atom. The first-order valence-corrected chi connectivity index (χ1v) is 9.34. The van der Waals surface area contributed by atoms with Crippen molar-refractivity contribution in [2.75, 3.05) is 13.1 Å². The van der Waals surface area contributed by atoms with Gasteiger partial charge in [0.1, 0.15) is 5.82 Å². The van der Waals surface area contributed by atoms with Gasteiger partial charge in [0.2, 0.25) is 5.91 Å². The van der Waals surface area contributed by atoms with Crippen molar-refractivity contribution in [2.45, 2.75) is 29.2 Å². The first-order chi connectivity index (χ1) is 12.2. The summed E-state index contributed by atoms with van der Waals surface area (Å²) in [5.74, 6) is -0.0967. The molecule has 1 aromatic heterocycles. The molecule has 2 aromatic carbocycles. The molecule has 0 bridgehead atoms. The molecule has 1 saturated heterocycles. The SMILES string of the molecule is O=C(Cc1c(Sc2ccccc2F)[nH]c2ccccc12)N1CCCC1. The minimum atomic E-state index is -0.247. The van der Waals surface area contributed by atoms with E-state index in [4.69, 9.17) is 0 Å². The van der Waals surface area contributed by atoms with Crippen LogP contribution in [0.1, 0.15) is 18.4 Å². The number of rotatable bonds is 4. The standard InChI is InChI=1S/C20H19FN2OS/c21-16-8-2-4-10-18(16)25-20-15(13-19(24)23-11-5-6-12-23)14-7-1-3-9-17(14)22-20/h1-4,7-10,22H,5-6,11-13H2. The second-order valence-corrected chi connectivity index (χ2v) is 7.33. The topological polar surface area (TPSA) is 36.1 Å². The highest BCUT2D eigenvalue weighted by Gasteiger charge is 2.22. The fraction of sp³-hybridized carbons (Fsp3) is 0.250. The number of aromatic nitrogens is 1. The van der Waals surface area contributed by atoms with Crippen LogP contribution in [0.4, 0.5) is 4.39 Å². The van der Waals surface area contributed by atoms with Crippen molar-refractivity contribution in [1.29, 1.82) is 0 Å².